The summed E-state index contributed by atoms with van der Waals surface area (Å²) in [6, 6.07) is 0.536. The summed E-state index contributed by atoms with van der Waals surface area (Å²) in [6.45, 7) is 0. The zero-order chi connectivity index (χ0) is 12.2. The quantitative estimate of drug-likeness (QED) is 0.592. The van der Waals surface area contributed by atoms with Gasteiger partial charge < -0.3 is 15.2 Å². The van der Waals surface area contributed by atoms with Crippen LogP contribution in [-0.4, -0.2) is 36.4 Å². The van der Waals surface area contributed by atoms with Gasteiger partial charge in [0.25, 0.3) is 0 Å². The smallest absolute Gasteiger partial charge is 0.130 e. The van der Waals surface area contributed by atoms with Gasteiger partial charge in [-0.25, -0.2) is 0 Å². The Morgan fingerprint density at radius 2 is 1.31 bits per heavy atom. The zero-order valence-corrected chi connectivity index (χ0v) is 13.2. The van der Waals surface area contributed by atoms with Crippen LogP contribution in [-0.2, 0) is 9.47 Å². The summed E-state index contributed by atoms with van der Waals surface area (Å²) in [5.41, 5.74) is 5.63. The summed E-state index contributed by atoms with van der Waals surface area (Å²) in [7, 11) is 4.23. The minimum absolute atomic E-state index is 0.0741. The van der Waals surface area contributed by atoms with Crippen LogP contribution in [0.15, 0.2) is 0 Å². The topological polar surface area (TPSA) is 44.5 Å². The number of ether oxygens (including phenoxy) is 2. The standard InChI is InChI=1S/C6H13N.C3H10O2Si.C3H6/c7-6-4-2-1-3-5-6;1-4-3(6)5-2;1-2-3-1/h6H,1-5,7H2;3H,1-2,6H3;1-3H2. The molecule has 0 spiro atoms. The Balaban J connectivity index is 0.000000226. The molecule has 0 unspecified atom stereocenters. The highest BCUT2D eigenvalue weighted by Crippen LogP contribution is 2.15. The van der Waals surface area contributed by atoms with Crippen LogP contribution in [0.3, 0.4) is 0 Å². The van der Waals surface area contributed by atoms with E-state index in [9.17, 15) is 0 Å². The Hall–Kier alpha value is 0.0969. The van der Waals surface area contributed by atoms with Crippen LogP contribution >= 0.6 is 0 Å². The summed E-state index contributed by atoms with van der Waals surface area (Å²) in [5.74, 6) is 0.0741. The number of rotatable bonds is 2. The number of hydrogen-bond acceptors (Lipinski definition) is 3. The van der Waals surface area contributed by atoms with E-state index in [-0.39, 0.29) is 5.91 Å². The van der Waals surface area contributed by atoms with Crippen LogP contribution in [0.2, 0.25) is 0 Å². The van der Waals surface area contributed by atoms with Crippen LogP contribution in [0.1, 0.15) is 51.4 Å². The fourth-order valence-electron chi connectivity index (χ4n) is 1.23. The maximum absolute atomic E-state index is 5.63. The summed E-state index contributed by atoms with van der Waals surface area (Å²) in [4.78, 5) is 0. The molecule has 2 rings (SSSR count). The summed E-state index contributed by atoms with van der Waals surface area (Å²) >= 11 is 0. The fourth-order valence-corrected chi connectivity index (χ4v) is 1.23. The highest BCUT2D eigenvalue weighted by Gasteiger charge is 2.06. The van der Waals surface area contributed by atoms with E-state index >= 15 is 0 Å². The van der Waals surface area contributed by atoms with Crippen molar-refractivity contribution in [2.24, 2.45) is 5.73 Å². The molecule has 0 atom stereocenters. The van der Waals surface area contributed by atoms with Gasteiger partial charge in [-0.3, -0.25) is 0 Å². The molecular formula is C12H29NO2Si. The molecule has 2 saturated carbocycles. The molecule has 0 amide bonds. The van der Waals surface area contributed by atoms with E-state index < -0.39 is 0 Å². The van der Waals surface area contributed by atoms with Crippen molar-refractivity contribution in [3.8, 4) is 0 Å². The molecule has 2 N–H and O–H groups in total. The molecule has 2 fully saturated rings. The first-order chi connectivity index (χ1) is 7.70. The van der Waals surface area contributed by atoms with Gasteiger partial charge in [-0.2, -0.15) is 0 Å². The minimum Gasteiger partial charge on any atom is -0.361 e. The van der Waals surface area contributed by atoms with Crippen molar-refractivity contribution in [3.05, 3.63) is 0 Å². The summed E-state index contributed by atoms with van der Waals surface area (Å²) in [5, 5.41) is 0. The molecule has 0 aromatic carbocycles. The third-order valence-electron chi connectivity index (χ3n) is 2.67. The van der Waals surface area contributed by atoms with E-state index in [0.29, 0.717) is 6.04 Å². The van der Waals surface area contributed by atoms with E-state index in [1.807, 2.05) is 0 Å². The van der Waals surface area contributed by atoms with Crippen molar-refractivity contribution in [2.45, 2.75) is 63.3 Å². The average Bonchev–Trinajstić information content (AvgIpc) is 3.17. The Bertz CT molecular complexity index is 132. The van der Waals surface area contributed by atoms with Crippen molar-refractivity contribution in [1.82, 2.24) is 0 Å². The first kappa shape index (κ1) is 16.1. The third-order valence-corrected chi connectivity index (χ3v) is 3.61. The summed E-state index contributed by atoms with van der Waals surface area (Å²) < 4.78 is 9.48. The third kappa shape index (κ3) is 14.1. The first-order valence-corrected chi connectivity index (χ1v) is 7.67. The first-order valence-electron chi connectivity index (χ1n) is 6.52. The van der Waals surface area contributed by atoms with Gasteiger partial charge in [-0.15, -0.1) is 0 Å². The second-order valence-corrected chi connectivity index (χ2v) is 5.44. The van der Waals surface area contributed by atoms with Crippen LogP contribution in [0.25, 0.3) is 0 Å². The van der Waals surface area contributed by atoms with E-state index in [4.69, 9.17) is 15.2 Å². The molecule has 2 aliphatic carbocycles. The number of methoxy groups -OCH3 is 2. The molecule has 0 aliphatic heterocycles. The maximum Gasteiger partial charge on any atom is 0.130 e. The number of hydrogen-bond donors (Lipinski definition) is 1. The average molecular weight is 247 g/mol. The van der Waals surface area contributed by atoms with Crippen LogP contribution < -0.4 is 5.73 Å². The molecule has 0 aromatic heterocycles. The van der Waals surface area contributed by atoms with E-state index in [1.165, 1.54) is 51.4 Å². The van der Waals surface area contributed by atoms with Crippen LogP contribution in [0.4, 0.5) is 0 Å². The van der Waals surface area contributed by atoms with Gasteiger partial charge >= 0.3 is 0 Å². The summed E-state index contributed by atoms with van der Waals surface area (Å²) in [6.07, 6.45) is 11.2. The Kier molecular flexibility index (Phi) is 11.6. The van der Waals surface area contributed by atoms with Gasteiger partial charge in [-0.1, -0.05) is 38.5 Å². The monoisotopic (exact) mass is 247 g/mol. The van der Waals surface area contributed by atoms with Gasteiger partial charge in [0.2, 0.25) is 0 Å². The van der Waals surface area contributed by atoms with Crippen molar-refractivity contribution >= 4 is 10.2 Å². The Morgan fingerprint density at radius 1 is 0.938 bits per heavy atom. The molecule has 4 heteroatoms. The second-order valence-electron chi connectivity index (χ2n) is 4.50. The minimum atomic E-state index is 0.0741. The number of nitrogens with two attached hydrogens (primary N) is 1. The lowest BCUT2D eigenvalue weighted by molar-refractivity contribution is -0.0411. The molecule has 0 saturated heterocycles. The molecule has 98 valence electrons. The van der Waals surface area contributed by atoms with E-state index in [0.717, 1.165) is 10.2 Å². The molecule has 3 nitrogen and oxygen atoms in total. The van der Waals surface area contributed by atoms with Gasteiger partial charge in [0.15, 0.2) is 0 Å². The molecule has 16 heavy (non-hydrogen) atoms. The van der Waals surface area contributed by atoms with Gasteiger partial charge in [0, 0.05) is 20.3 Å². The normalized spacial score (nSPS) is 19.5. The molecule has 0 heterocycles. The van der Waals surface area contributed by atoms with Gasteiger partial charge in [0.1, 0.15) is 5.91 Å². The van der Waals surface area contributed by atoms with Crippen molar-refractivity contribution in [1.29, 1.82) is 0 Å². The molecular weight excluding hydrogens is 218 g/mol. The van der Waals surface area contributed by atoms with Crippen molar-refractivity contribution in [2.75, 3.05) is 14.2 Å². The highest BCUT2D eigenvalue weighted by molar-refractivity contribution is 6.09. The maximum atomic E-state index is 5.63. The highest BCUT2D eigenvalue weighted by atomic mass is 28.1. The second kappa shape index (κ2) is 11.6. The van der Waals surface area contributed by atoms with Gasteiger partial charge in [0.05, 0.1) is 10.2 Å². The molecule has 0 aromatic rings. The van der Waals surface area contributed by atoms with Gasteiger partial charge in [-0.05, 0) is 12.8 Å². The Morgan fingerprint density at radius 3 is 1.44 bits per heavy atom. The zero-order valence-electron chi connectivity index (χ0n) is 11.2. The predicted octanol–water partition coefficient (Wildman–Crippen LogP) is 1.38. The molecule has 2 aliphatic rings. The molecule has 0 radical (unpaired) electrons. The fraction of sp³-hybridized carbons (Fsp3) is 1.00. The van der Waals surface area contributed by atoms with Crippen LogP contribution in [0.5, 0.6) is 0 Å². The lowest BCUT2D eigenvalue weighted by Crippen LogP contribution is -2.22. The molecule has 0 bridgehead atoms. The van der Waals surface area contributed by atoms with E-state index in [1.54, 1.807) is 14.2 Å². The SMILES string of the molecule is C1CC1.COC([SiH3])OC.NC1CCCCC1. The van der Waals surface area contributed by atoms with Crippen molar-refractivity contribution < 1.29 is 9.47 Å². The predicted molar refractivity (Wildman–Crippen MR) is 72.7 cm³/mol. The van der Waals surface area contributed by atoms with Crippen LogP contribution in [0, 0.1) is 0 Å². The lowest BCUT2D eigenvalue weighted by Gasteiger charge is -2.15. The largest absolute Gasteiger partial charge is 0.361 e. The Labute approximate surface area is 103 Å². The lowest BCUT2D eigenvalue weighted by atomic mass is 9.97. The van der Waals surface area contributed by atoms with Crippen molar-refractivity contribution in [3.63, 3.8) is 0 Å². The van der Waals surface area contributed by atoms with E-state index in [2.05, 4.69) is 0 Å².